The van der Waals surface area contributed by atoms with Crippen molar-refractivity contribution >= 4 is 22.6 Å². The molecule has 1 aliphatic heterocycles. The maximum Gasteiger partial charge on any atom is 0.157 e. The average molecular weight is 387 g/mol. The van der Waals surface area contributed by atoms with Gasteiger partial charge >= 0.3 is 0 Å². The molecule has 1 aromatic rings. The van der Waals surface area contributed by atoms with Crippen LogP contribution in [0.15, 0.2) is 12.1 Å². The molecule has 1 saturated heterocycles. The molecule has 1 aliphatic carbocycles. The molecule has 110 valence electrons. The van der Waals surface area contributed by atoms with Crippen molar-refractivity contribution in [2.45, 2.75) is 38.1 Å². The number of fused-ring (bicyclic) bond motifs is 3. The monoisotopic (exact) mass is 387 g/mol. The number of alkyl halides is 1. The highest BCUT2D eigenvalue weighted by Gasteiger charge is 2.41. The maximum atomic E-state index is 9.88. The molecule has 1 fully saturated rings. The van der Waals surface area contributed by atoms with Crippen molar-refractivity contribution in [1.29, 1.82) is 0 Å². The third kappa shape index (κ3) is 2.30. The Morgan fingerprint density at radius 2 is 2.05 bits per heavy atom. The predicted molar refractivity (Wildman–Crippen MR) is 88.8 cm³/mol. The van der Waals surface area contributed by atoms with E-state index in [1.807, 2.05) is 0 Å². The number of benzene rings is 1. The molecule has 4 heteroatoms. The van der Waals surface area contributed by atoms with Gasteiger partial charge in [-0.1, -0.05) is 35.9 Å². The number of nitrogens with one attached hydrogen (secondary N) is 1. The summed E-state index contributed by atoms with van der Waals surface area (Å²) in [4.78, 5) is 0. The van der Waals surface area contributed by atoms with Crippen molar-refractivity contribution in [2.24, 2.45) is 11.8 Å². The van der Waals surface area contributed by atoms with Gasteiger partial charge in [0.25, 0.3) is 0 Å². The molecule has 3 rings (SSSR count). The van der Waals surface area contributed by atoms with Crippen LogP contribution in [-0.4, -0.2) is 27.2 Å². The van der Waals surface area contributed by atoms with Crippen molar-refractivity contribution in [3.63, 3.8) is 0 Å². The highest BCUT2D eigenvalue weighted by atomic mass is 127. The number of aromatic hydroxyl groups is 2. The number of halogens is 1. The van der Waals surface area contributed by atoms with E-state index in [1.165, 1.54) is 17.5 Å². The lowest BCUT2D eigenvalue weighted by Gasteiger charge is -2.46. The average Bonchev–Trinajstić information content (AvgIpc) is 2.47. The minimum Gasteiger partial charge on any atom is -0.504 e. The van der Waals surface area contributed by atoms with Crippen LogP contribution < -0.4 is 5.32 Å². The van der Waals surface area contributed by atoms with Crippen molar-refractivity contribution in [1.82, 2.24) is 5.32 Å². The number of aryl methyl sites for hydroxylation is 1. The van der Waals surface area contributed by atoms with Gasteiger partial charge in [0.15, 0.2) is 11.5 Å². The van der Waals surface area contributed by atoms with E-state index >= 15 is 0 Å². The van der Waals surface area contributed by atoms with Crippen molar-refractivity contribution in [3.05, 3.63) is 23.3 Å². The zero-order valence-electron chi connectivity index (χ0n) is 11.8. The van der Waals surface area contributed by atoms with Crippen LogP contribution >= 0.6 is 22.6 Å². The second-order valence-corrected chi connectivity index (χ2v) is 6.99. The molecule has 3 N–H and O–H groups in total. The van der Waals surface area contributed by atoms with Gasteiger partial charge in [0.1, 0.15) is 0 Å². The minimum atomic E-state index is 0.0176. The van der Waals surface area contributed by atoms with E-state index < -0.39 is 0 Å². The molecule has 4 unspecified atom stereocenters. The number of rotatable bonds is 2. The van der Waals surface area contributed by atoms with Gasteiger partial charge in [-0.3, -0.25) is 0 Å². The van der Waals surface area contributed by atoms with E-state index in [0.29, 0.717) is 23.8 Å². The second kappa shape index (κ2) is 5.72. The molecule has 4 atom stereocenters. The lowest BCUT2D eigenvalue weighted by Crippen LogP contribution is -2.51. The zero-order chi connectivity index (χ0) is 14.3. The molecule has 1 aromatic carbocycles. The summed E-state index contributed by atoms with van der Waals surface area (Å²) < 4.78 is 1.15. The summed E-state index contributed by atoms with van der Waals surface area (Å²) in [6.45, 7) is 3.38. The van der Waals surface area contributed by atoms with Gasteiger partial charge in [0.2, 0.25) is 0 Å². The van der Waals surface area contributed by atoms with Gasteiger partial charge in [-0.25, -0.2) is 0 Å². The third-order valence-corrected chi connectivity index (χ3v) is 6.18. The van der Waals surface area contributed by atoms with Gasteiger partial charge in [-0.2, -0.15) is 0 Å². The zero-order valence-corrected chi connectivity index (χ0v) is 13.9. The summed E-state index contributed by atoms with van der Waals surface area (Å²) >= 11 is 2.51. The molecule has 20 heavy (non-hydrogen) atoms. The molecule has 0 aromatic heterocycles. The summed E-state index contributed by atoms with van der Waals surface area (Å²) in [5.41, 5.74) is 2.47. The fourth-order valence-electron chi connectivity index (χ4n) is 4.04. The Morgan fingerprint density at radius 1 is 1.30 bits per heavy atom. The molecule has 0 radical (unpaired) electrons. The smallest absolute Gasteiger partial charge is 0.157 e. The lowest BCUT2D eigenvalue weighted by molar-refractivity contribution is 0.175. The first-order valence-electron chi connectivity index (χ1n) is 7.49. The summed E-state index contributed by atoms with van der Waals surface area (Å²) in [6.07, 6.45) is 3.32. The third-order valence-electron chi connectivity index (χ3n) is 5.17. The van der Waals surface area contributed by atoms with Crippen LogP contribution in [0.5, 0.6) is 11.5 Å². The Kier molecular flexibility index (Phi) is 4.13. The van der Waals surface area contributed by atoms with Crippen LogP contribution in [0.2, 0.25) is 0 Å². The molecule has 0 amide bonds. The SMILES string of the molecule is CCC1CNC2CCc3cc(O)c(O)cc3C2C1CI. The van der Waals surface area contributed by atoms with Crippen LogP contribution in [0.25, 0.3) is 0 Å². The summed E-state index contributed by atoms with van der Waals surface area (Å²) in [6, 6.07) is 4.09. The number of phenols is 2. The van der Waals surface area contributed by atoms with Gasteiger partial charge in [0.05, 0.1) is 0 Å². The van der Waals surface area contributed by atoms with Gasteiger partial charge in [0, 0.05) is 16.4 Å². The first-order chi connectivity index (χ1) is 9.65. The lowest BCUT2D eigenvalue weighted by atomic mass is 9.66. The van der Waals surface area contributed by atoms with E-state index in [4.69, 9.17) is 0 Å². The fraction of sp³-hybridized carbons (Fsp3) is 0.625. The highest BCUT2D eigenvalue weighted by Crippen LogP contribution is 2.46. The molecule has 0 spiro atoms. The first kappa shape index (κ1) is 14.4. The largest absolute Gasteiger partial charge is 0.504 e. The summed E-state index contributed by atoms with van der Waals surface area (Å²) in [7, 11) is 0. The van der Waals surface area contributed by atoms with E-state index in [1.54, 1.807) is 12.1 Å². The topological polar surface area (TPSA) is 52.5 Å². The Morgan fingerprint density at radius 3 is 2.75 bits per heavy atom. The van der Waals surface area contributed by atoms with Crippen molar-refractivity contribution in [2.75, 3.05) is 11.0 Å². The summed E-state index contributed by atoms with van der Waals surface area (Å²) in [5, 5.41) is 23.3. The van der Waals surface area contributed by atoms with Crippen molar-refractivity contribution < 1.29 is 10.2 Å². The van der Waals surface area contributed by atoms with E-state index in [0.717, 1.165) is 23.8 Å². The van der Waals surface area contributed by atoms with Gasteiger partial charge in [-0.05, 0) is 54.5 Å². The standard InChI is InChI=1S/C16H22INO2/c1-2-9-8-18-13-4-3-10-5-14(19)15(20)6-11(10)16(13)12(9)7-17/h5-6,9,12-13,16,18-20H,2-4,7-8H2,1H3. The first-order valence-corrected chi connectivity index (χ1v) is 9.02. The van der Waals surface area contributed by atoms with Crippen LogP contribution in [-0.2, 0) is 6.42 Å². The molecule has 0 saturated carbocycles. The highest BCUT2D eigenvalue weighted by molar-refractivity contribution is 14.1. The van der Waals surface area contributed by atoms with Gasteiger partial charge < -0.3 is 15.5 Å². The molecule has 0 bridgehead atoms. The Labute approximate surface area is 133 Å². The Bertz CT molecular complexity index is 505. The Balaban J connectivity index is 2.04. The number of hydrogen-bond donors (Lipinski definition) is 3. The van der Waals surface area contributed by atoms with E-state index in [9.17, 15) is 10.2 Å². The van der Waals surface area contributed by atoms with Gasteiger partial charge in [-0.15, -0.1) is 0 Å². The molecule has 3 nitrogen and oxygen atoms in total. The normalized spacial score (nSPS) is 32.5. The number of hydrogen-bond acceptors (Lipinski definition) is 3. The second-order valence-electron chi connectivity index (χ2n) is 6.11. The number of phenolic OH excluding ortho intramolecular Hbond substituents is 2. The minimum absolute atomic E-state index is 0.0176. The Hall–Kier alpha value is -0.490. The molecule has 2 aliphatic rings. The maximum absolute atomic E-state index is 9.88. The predicted octanol–water partition coefficient (Wildman–Crippen LogP) is 3.18. The van der Waals surface area contributed by atoms with Crippen LogP contribution in [0.1, 0.15) is 36.8 Å². The quantitative estimate of drug-likeness (QED) is 0.415. The number of piperidine rings is 1. The summed E-state index contributed by atoms with van der Waals surface area (Å²) in [5.74, 6) is 1.88. The molecular formula is C16H22INO2. The van der Waals surface area contributed by atoms with Crippen LogP contribution in [0, 0.1) is 11.8 Å². The van der Waals surface area contributed by atoms with E-state index in [-0.39, 0.29) is 11.5 Å². The molecular weight excluding hydrogens is 365 g/mol. The van der Waals surface area contributed by atoms with Crippen LogP contribution in [0.3, 0.4) is 0 Å². The van der Waals surface area contributed by atoms with Crippen molar-refractivity contribution in [3.8, 4) is 11.5 Å². The fourth-order valence-corrected chi connectivity index (χ4v) is 5.31. The van der Waals surface area contributed by atoms with Crippen LogP contribution in [0.4, 0.5) is 0 Å². The van der Waals surface area contributed by atoms with E-state index in [2.05, 4.69) is 34.8 Å². The molecule has 1 heterocycles.